The van der Waals surface area contributed by atoms with Gasteiger partial charge in [0.1, 0.15) is 5.82 Å². The summed E-state index contributed by atoms with van der Waals surface area (Å²) in [7, 11) is -3.11. The molecule has 1 aromatic carbocycles. The van der Waals surface area contributed by atoms with Crippen molar-refractivity contribution in [2.75, 3.05) is 0 Å². The van der Waals surface area contributed by atoms with Crippen LogP contribution in [0.15, 0.2) is 24.3 Å². The van der Waals surface area contributed by atoms with E-state index in [1.807, 2.05) is 0 Å². The highest BCUT2D eigenvalue weighted by atomic mass is 32.2. The lowest BCUT2D eigenvalue weighted by Gasteiger charge is -2.44. The molecule has 2 aliphatic rings. The molecule has 19 heavy (non-hydrogen) atoms. The molecule has 0 spiro atoms. The van der Waals surface area contributed by atoms with E-state index in [0.717, 1.165) is 6.42 Å². The first-order valence-corrected chi connectivity index (χ1v) is 8.24. The van der Waals surface area contributed by atoms with Gasteiger partial charge in [0.25, 0.3) is 0 Å². The summed E-state index contributed by atoms with van der Waals surface area (Å²) in [5, 5.41) is 9.82. The van der Waals surface area contributed by atoms with E-state index in [4.69, 9.17) is 0 Å². The molecule has 104 valence electrons. The Bertz CT molecular complexity index is 576. The highest BCUT2D eigenvalue weighted by Gasteiger charge is 2.50. The van der Waals surface area contributed by atoms with E-state index in [1.54, 1.807) is 12.1 Å². The zero-order valence-electron chi connectivity index (χ0n) is 10.5. The molecule has 2 aliphatic heterocycles. The maximum absolute atomic E-state index is 13.3. The summed E-state index contributed by atoms with van der Waals surface area (Å²) in [6.45, 7) is 0. The van der Waals surface area contributed by atoms with E-state index in [-0.39, 0.29) is 12.8 Å². The first kappa shape index (κ1) is 13.1. The Kier molecular flexibility index (Phi) is 2.94. The lowest BCUT2D eigenvalue weighted by atomic mass is 9.80. The molecule has 0 saturated carbocycles. The van der Waals surface area contributed by atoms with Crippen LogP contribution < -0.4 is 0 Å². The average molecular weight is 284 g/mol. The van der Waals surface area contributed by atoms with Crippen molar-refractivity contribution in [2.45, 2.75) is 48.2 Å². The number of benzene rings is 1. The van der Waals surface area contributed by atoms with Crippen LogP contribution in [0, 0.1) is 5.82 Å². The normalized spacial score (nSPS) is 36.9. The third-order valence-electron chi connectivity index (χ3n) is 4.47. The molecule has 2 saturated heterocycles. The zero-order chi connectivity index (χ0) is 13.7. The SMILES string of the molecule is O=S1(=O)C2CCCC1CC(O)(c1cccc(F)c1)C2. The predicted molar refractivity (Wildman–Crippen MR) is 69.9 cm³/mol. The summed E-state index contributed by atoms with van der Waals surface area (Å²) < 4.78 is 37.7. The topological polar surface area (TPSA) is 54.4 Å². The molecule has 5 heteroatoms. The summed E-state index contributed by atoms with van der Waals surface area (Å²) in [6.07, 6.45) is 2.49. The van der Waals surface area contributed by atoms with Gasteiger partial charge in [-0.1, -0.05) is 18.6 Å². The lowest BCUT2D eigenvalue weighted by Crippen LogP contribution is -2.50. The number of fused-ring (bicyclic) bond motifs is 2. The van der Waals surface area contributed by atoms with Crippen molar-refractivity contribution >= 4 is 9.84 Å². The van der Waals surface area contributed by atoms with Crippen molar-refractivity contribution in [2.24, 2.45) is 0 Å². The molecule has 1 aromatic rings. The Hall–Kier alpha value is -0.940. The van der Waals surface area contributed by atoms with E-state index in [0.29, 0.717) is 18.4 Å². The van der Waals surface area contributed by atoms with Crippen LogP contribution >= 0.6 is 0 Å². The Morgan fingerprint density at radius 1 is 1.21 bits per heavy atom. The smallest absolute Gasteiger partial charge is 0.156 e. The van der Waals surface area contributed by atoms with Gasteiger partial charge < -0.3 is 5.11 Å². The molecular weight excluding hydrogens is 267 g/mol. The van der Waals surface area contributed by atoms with Crippen LogP contribution in [0.4, 0.5) is 4.39 Å². The third-order valence-corrected chi connectivity index (χ3v) is 7.14. The standard InChI is InChI=1S/C14H17FO3S/c15-11-4-1-3-10(7-11)14(16)8-12-5-2-6-13(9-14)19(12,17)18/h1,3-4,7,12-13,16H,2,5-6,8-9H2. The Labute approximate surface area is 112 Å². The molecule has 3 rings (SSSR count). The Morgan fingerprint density at radius 3 is 2.42 bits per heavy atom. The number of aliphatic hydroxyl groups is 1. The highest BCUT2D eigenvalue weighted by Crippen LogP contribution is 2.46. The van der Waals surface area contributed by atoms with E-state index in [2.05, 4.69) is 0 Å². The van der Waals surface area contributed by atoms with Gasteiger partial charge in [-0.15, -0.1) is 0 Å². The van der Waals surface area contributed by atoms with Crippen molar-refractivity contribution in [1.82, 2.24) is 0 Å². The van der Waals surface area contributed by atoms with Gasteiger partial charge in [-0.2, -0.15) is 0 Å². The predicted octanol–water partition coefficient (Wildman–Crippen LogP) is 2.14. The van der Waals surface area contributed by atoms with E-state index in [1.165, 1.54) is 12.1 Å². The molecule has 2 heterocycles. The minimum absolute atomic E-state index is 0.190. The van der Waals surface area contributed by atoms with Crippen LogP contribution in [0.3, 0.4) is 0 Å². The number of hydrogen-bond acceptors (Lipinski definition) is 3. The van der Waals surface area contributed by atoms with E-state index >= 15 is 0 Å². The fourth-order valence-corrected chi connectivity index (χ4v) is 6.01. The maximum Gasteiger partial charge on any atom is 0.156 e. The van der Waals surface area contributed by atoms with Crippen LogP contribution in [0.5, 0.6) is 0 Å². The van der Waals surface area contributed by atoms with Crippen molar-refractivity contribution < 1.29 is 17.9 Å². The number of sulfone groups is 1. The minimum Gasteiger partial charge on any atom is -0.385 e. The second-order valence-electron chi connectivity index (χ2n) is 5.71. The average Bonchev–Trinajstić information content (AvgIpc) is 2.31. The van der Waals surface area contributed by atoms with E-state index < -0.39 is 31.8 Å². The van der Waals surface area contributed by atoms with Gasteiger partial charge in [0, 0.05) is 0 Å². The number of halogens is 1. The molecule has 3 nitrogen and oxygen atoms in total. The summed E-state index contributed by atoms with van der Waals surface area (Å²) in [5.41, 5.74) is -0.706. The molecule has 2 fully saturated rings. The second-order valence-corrected chi connectivity index (χ2v) is 8.23. The van der Waals surface area contributed by atoms with E-state index in [9.17, 15) is 17.9 Å². The van der Waals surface area contributed by atoms with Gasteiger partial charge in [0.15, 0.2) is 9.84 Å². The molecule has 2 bridgehead atoms. The van der Waals surface area contributed by atoms with Gasteiger partial charge in [0.05, 0.1) is 16.1 Å². The largest absolute Gasteiger partial charge is 0.385 e. The lowest BCUT2D eigenvalue weighted by molar-refractivity contribution is 0.00475. The van der Waals surface area contributed by atoms with Crippen LogP contribution in [0.1, 0.15) is 37.7 Å². The van der Waals surface area contributed by atoms with Crippen molar-refractivity contribution in [3.05, 3.63) is 35.6 Å². The molecule has 2 unspecified atom stereocenters. The molecule has 1 N–H and O–H groups in total. The Morgan fingerprint density at radius 2 is 1.84 bits per heavy atom. The van der Waals surface area contributed by atoms with Gasteiger partial charge in [-0.05, 0) is 43.4 Å². The van der Waals surface area contributed by atoms with Crippen molar-refractivity contribution in [3.63, 3.8) is 0 Å². The van der Waals surface area contributed by atoms with Crippen molar-refractivity contribution in [3.8, 4) is 0 Å². The van der Waals surface area contributed by atoms with Crippen LogP contribution in [0.25, 0.3) is 0 Å². The van der Waals surface area contributed by atoms with Gasteiger partial charge >= 0.3 is 0 Å². The number of hydrogen-bond donors (Lipinski definition) is 1. The fourth-order valence-electron chi connectivity index (χ4n) is 3.46. The summed E-state index contributed by atoms with van der Waals surface area (Å²) in [4.78, 5) is 0. The van der Waals surface area contributed by atoms with Crippen LogP contribution in [-0.2, 0) is 15.4 Å². The second kappa shape index (κ2) is 4.28. The number of rotatable bonds is 1. The third kappa shape index (κ3) is 2.09. The maximum atomic E-state index is 13.3. The Balaban J connectivity index is 1.99. The first-order chi connectivity index (χ1) is 8.92. The van der Waals surface area contributed by atoms with Gasteiger partial charge in [-0.25, -0.2) is 12.8 Å². The summed E-state index contributed by atoms with van der Waals surface area (Å²) in [5.74, 6) is -0.399. The molecule has 2 atom stereocenters. The molecule has 0 aliphatic carbocycles. The quantitative estimate of drug-likeness (QED) is 0.859. The monoisotopic (exact) mass is 284 g/mol. The first-order valence-electron chi connectivity index (χ1n) is 6.63. The van der Waals surface area contributed by atoms with Crippen LogP contribution in [0.2, 0.25) is 0 Å². The molecular formula is C14H17FO3S. The minimum atomic E-state index is -3.11. The van der Waals surface area contributed by atoms with Crippen LogP contribution in [-0.4, -0.2) is 24.0 Å². The molecule has 0 amide bonds. The summed E-state index contributed by atoms with van der Waals surface area (Å²) in [6, 6.07) is 5.87. The summed E-state index contributed by atoms with van der Waals surface area (Å²) >= 11 is 0. The zero-order valence-corrected chi connectivity index (χ0v) is 11.4. The molecule has 0 aromatic heterocycles. The molecule has 0 radical (unpaired) electrons. The fraction of sp³-hybridized carbons (Fsp3) is 0.571. The van der Waals surface area contributed by atoms with Gasteiger partial charge in [-0.3, -0.25) is 0 Å². The van der Waals surface area contributed by atoms with Gasteiger partial charge in [0.2, 0.25) is 0 Å². The highest BCUT2D eigenvalue weighted by molar-refractivity contribution is 7.92. The van der Waals surface area contributed by atoms with Crippen molar-refractivity contribution in [1.29, 1.82) is 0 Å².